The number of ether oxygens (including phenoxy) is 1. The van der Waals surface area contributed by atoms with Gasteiger partial charge in [-0.1, -0.05) is 0 Å². The molecule has 2 heterocycles. The van der Waals surface area contributed by atoms with Crippen molar-refractivity contribution in [2.45, 2.75) is 26.4 Å². The molecule has 0 aliphatic heterocycles. The molecule has 0 fully saturated rings. The van der Waals surface area contributed by atoms with Gasteiger partial charge >= 0.3 is 5.97 Å². The van der Waals surface area contributed by atoms with Crippen LogP contribution in [-0.2, 0) is 4.74 Å². The third-order valence-corrected chi connectivity index (χ3v) is 2.11. The first kappa shape index (κ1) is 11.4. The molecule has 0 bridgehead atoms. The second-order valence-corrected chi connectivity index (χ2v) is 4.89. The standard InChI is InChI=1S/C12H15N3O2/c1-12(2,3)17-11(16)9-5-7-4-8(13)6-14-10(7)15-9/h4-6H,13H2,1-3H3,(H,14,15). The van der Waals surface area contributed by atoms with Crippen LogP contribution < -0.4 is 5.73 Å². The smallest absolute Gasteiger partial charge is 0.355 e. The van der Waals surface area contributed by atoms with Crippen LogP contribution in [0, 0.1) is 0 Å². The van der Waals surface area contributed by atoms with Crippen LogP contribution in [-0.4, -0.2) is 21.5 Å². The van der Waals surface area contributed by atoms with Gasteiger partial charge in [0.15, 0.2) is 0 Å². The molecule has 0 aliphatic carbocycles. The number of nitrogen functional groups attached to an aromatic ring is 1. The number of anilines is 1. The Morgan fingerprint density at radius 3 is 2.76 bits per heavy atom. The molecule has 2 aromatic heterocycles. The molecule has 5 heteroatoms. The van der Waals surface area contributed by atoms with Crippen molar-refractivity contribution in [1.29, 1.82) is 0 Å². The Labute approximate surface area is 99.0 Å². The number of nitrogens with one attached hydrogen (secondary N) is 1. The number of fused-ring (bicyclic) bond motifs is 1. The highest BCUT2D eigenvalue weighted by Crippen LogP contribution is 2.18. The van der Waals surface area contributed by atoms with Gasteiger partial charge in [-0.05, 0) is 32.9 Å². The Hall–Kier alpha value is -2.04. The summed E-state index contributed by atoms with van der Waals surface area (Å²) in [7, 11) is 0. The summed E-state index contributed by atoms with van der Waals surface area (Å²) in [5, 5.41) is 0.797. The second-order valence-electron chi connectivity index (χ2n) is 4.89. The van der Waals surface area contributed by atoms with Gasteiger partial charge in [0.05, 0.1) is 11.9 Å². The van der Waals surface area contributed by atoms with Crippen LogP contribution in [0.4, 0.5) is 5.69 Å². The van der Waals surface area contributed by atoms with Gasteiger partial charge in [0.25, 0.3) is 0 Å². The monoisotopic (exact) mass is 233 g/mol. The number of pyridine rings is 1. The third kappa shape index (κ3) is 2.55. The predicted octanol–water partition coefficient (Wildman–Crippen LogP) is 2.10. The van der Waals surface area contributed by atoms with E-state index < -0.39 is 11.6 Å². The number of nitrogens with two attached hydrogens (primary N) is 1. The van der Waals surface area contributed by atoms with E-state index in [1.165, 1.54) is 6.20 Å². The molecule has 0 spiro atoms. The van der Waals surface area contributed by atoms with Crippen LogP contribution >= 0.6 is 0 Å². The highest BCUT2D eigenvalue weighted by atomic mass is 16.6. The van der Waals surface area contributed by atoms with Gasteiger partial charge in [0.1, 0.15) is 16.9 Å². The number of nitrogens with zero attached hydrogens (tertiary/aromatic N) is 1. The summed E-state index contributed by atoms with van der Waals surface area (Å²) >= 11 is 0. The highest BCUT2D eigenvalue weighted by Gasteiger charge is 2.19. The van der Waals surface area contributed by atoms with Crippen LogP contribution in [0.15, 0.2) is 18.3 Å². The average Bonchev–Trinajstić information content (AvgIpc) is 2.57. The van der Waals surface area contributed by atoms with E-state index in [0.717, 1.165) is 5.39 Å². The number of esters is 1. The van der Waals surface area contributed by atoms with Crippen molar-refractivity contribution in [3.8, 4) is 0 Å². The van der Waals surface area contributed by atoms with Crippen LogP contribution in [0.5, 0.6) is 0 Å². The molecular formula is C12H15N3O2. The van der Waals surface area contributed by atoms with E-state index in [9.17, 15) is 4.79 Å². The van der Waals surface area contributed by atoms with Crippen molar-refractivity contribution < 1.29 is 9.53 Å². The quantitative estimate of drug-likeness (QED) is 0.739. The first-order valence-electron chi connectivity index (χ1n) is 5.33. The Balaban J connectivity index is 2.33. The molecule has 3 N–H and O–H groups in total. The van der Waals surface area contributed by atoms with Gasteiger partial charge in [-0.2, -0.15) is 0 Å². The number of aromatic nitrogens is 2. The molecule has 2 rings (SSSR count). The van der Waals surface area contributed by atoms with Gasteiger partial charge in [0, 0.05) is 5.39 Å². The van der Waals surface area contributed by atoms with Gasteiger partial charge in [-0.15, -0.1) is 0 Å². The minimum absolute atomic E-state index is 0.382. The maximum absolute atomic E-state index is 11.8. The fourth-order valence-electron chi connectivity index (χ4n) is 1.48. The lowest BCUT2D eigenvalue weighted by molar-refractivity contribution is 0.00638. The largest absolute Gasteiger partial charge is 0.455 e. The van der Waals surface area contributed by atoms with Gasteiger partial charge < -0.3 is 15.5 Å². The van der Waals surface area contributed by atoms with E-state index in [0.29, 0.717) is 17.0 Å². The van der Waals surface area contributed by atoms with Crippen LogP contribution in [0.3, 0.4) is 0 Å². The van der Waals surface area contributed by atoms with Gasteiger partial charge in [0.2, 0.25) is 0 Å². The Bertz CT molecular complexity index is 567. The normalized spacial score (nSPS) is 11.7. The first-order valence-corrected chi connectivity index (χ1v) is 5.33. The summed E-state index contributed by atoms with van der Waals surface area (Å²) in [5.41, 5.74) is 6.68. The van der Waals surface area contributed by atoms with Gasteiger partial charge in [-0.3, -0.25) is 0 Å². The molecule has 90 valence electrons. The Kier molecular flexibility index (Phi) is 2.53. The lowest BCUT2D eigenvalue weighted by Crippen LogP contribution is -2.24. The minimum atomic E-state index is -0.513. The molecule has 0 aliphatic rings. The Morgan fingerprint density at radius 2 is 2.12 bits per heavy atom. The molecule has 0 radical (unpaired) electrons. The van der Waals surface area contributed by atoms with Crippen molar-refractivity contribution in [3.63, 3.8) is 0 Å². The third-order valence-electron chi connectivity index (χ3n) is 2.11. The second kappa shape index (κ2) is 3.76. The number of aromatic amines is 1. The summed E-state index contributed by atoms with van der Waals surface area (Å²) in [6, 6.07) is 3.44. The molecule has 0 saturated carbocycles. The fraction of sp³-hybridized carbons (Fsp3) is 0.333. The van der Waals surface area contributed by atoms with Crippen molar-refractivity contribution in [1.82, 2.24) is 9.97 Å². The zero-order chi connectivity index (χ0) is 12.6. The summed E-state index contributed by atoms with van der Waals surface area (Å²) in [6.45, 7) is 5.47. The lowest BCUT2D eigenvalue weighted by atomic mass is 10.2. The maximum atomic E-state index is 11.8. The fourth-order valence-corrected chi connectivity index (χ4v) is 1.48. The number of hydrogen-bond acceptors (Lipinski definition) is 4. The summed E-state index contributed by atoms with van der Waals surface area (Å²) in [5.74, 6) is -0.394. The number of carbonyl (C=O) groups is 1. The minimum Gasteiger partial charge on any atom is -0.455 e. The summed E-state index contributed by atoms with van der Waals surface area (Å²) in [6.07, 6.45) is 1.54. The van der Waals surface area contributed by atoms with Crippen LogP contribution in [0.2, 0.25) is 0 Å². The van der Waals surface area contributed by atoms with Crippen molar-refractivity contribution in [2.75, 3.05) is 5.73 Å². The zero-order valence-corrected chi connectivity index (χ0v) is 10.1. The van der Waals surface area contributed by atoms with Crippen LogP contribution in [0.25, 0.3) is 11.0 Å². The van der Waals surface area contributed by atoms with Crippen molar-refractivity contribution in [3.05, 3.63) is 24.0 Å². The van der Waals surface area contributed by atoms with E-state index in [-0.39, 0.29) is 0 Å². The van der Waals surface area contributed by atoms with Crippen molar-refractivity contribution in [2.24, 2.45) is 0 Å². The summed E-state index contributed by atoms with van der Waals surface area (Å²) in [4.78, 5) is 18.8. The summed E-state index contributed by atoms with van der Waals surface area (Å²) < 4.78 is 5.25. The zero-order valence-electron chi connectivity index (χ0n) is 10.1. The number of H-pyrrole nitrogens is 1. The number of hydrogen-bond donors (Lipinski definition) is 2. The van der Waals surface area contributed by atoms with E-state index in [1.807, 2.05) is 20.8 Å². The molecule has 0 saturated heterocycles. The first-order chi connectivity index (χ1) is 7.85. The van der Waals surface area contributed by atoms with Gasteiger partial charge in [-0.25, -0.2) is 9.78 Å². The molecule has 0 unspecified atom stereocenters. The SMILES string of the molecule is CC(C)(C)OC(=O)c1cc2cc(N)cnc2[nH]1. The Morgan fingerprint density at radius 1 is 1.41 bits per heavy atom. The maximum Gasteiger partial charge on any atom is 0.355 e. The molecular weight excluding hydrogens is 218 g/mol. The predicted molar refractivity (Wildman–Crippen MR) is 65.7 cm³/mol. The molecule has 0 atom stereocenters. The molecule has 17 heavy (non-hydrogen) atoms. The van der Waals surface area contributed by atoms with E-state index in [1.54, 1.807) is 12.1 Å². The number of rotatable bonds is 1. The molecule has 0 amide bonds. The topological polar surface area (TPSA) is 81.0 Å². The number of carbonyl (C=O) groups excluding carboxylic acids is 1. The van der Waals surface area contributed by atoms with E-state index >= 15 is 0 Å². The van der Waals surface area contributed by atoms with Crippen LogP contribution in [0.1, 0.15) is 31.3 Å². The molecule has 2 aromatic rings. The van der Waals surface area contributed by atoms with Crippen molar-refractivity contribution >= 4 is 22.7 Å². The molecule has 5 nitrogen and oxygen atoms in total. The average molecular weight is 233 g/mol. The lowest BCUT2D eigenvalue weighted by Gasteiger charge is -2.18. The highest BCUT2D eigenvalue weighted by molar-refractivity contribution is 5.94. The van der Waals surface area contributed by atoms with E-state index in [2.05, 4.69) is 9.97 Å². The van der Waals surface area contributed by atoms with E-state index in [4.69, 9.17) is 10.5 Å². The molecule has 0 aromatic carbocycles.